The van der Waals surface area contributed by atoms with Crippen molar-refractivity contribution in [3.8, 4) is 5.75 Å². The van der Waals surface area contributed by atoms with Gasteiger partial charge in [-0.2, -0.15) is 0 Å². The molecule has 4 heteroatoms. The Morgan fingerprint density at radius 1 is 1.04 bits per heavy atom. The summed E-state index contributed by atoms with van der Waals surface area (Å²) in [5.41, 5.74) is 2.38. The third-order valence-corrected chi connectivity index (χ3v) is 4.27. The van der Waals surface area contributed by atoms with Crippen LogP contribution in [0.2, 0.25) is 0 Å². The molecule has 0 aliphatic heterocycles. The number of carbonyl (C=O) groups is 1. The highest BCUT2D eigenvalue weighted by Crippen LogP contribution is 2.24. The van der Waals surface area contributed by atoms with E-state index in [9.17, 15) is 4.79 Å². The van der Waals surface area contributed by atoms with E-state index in [-0.39, 0.29) is 17.4 Å². The van der Waals surface area contributed by atoms with E-state index < -0.39 is 0 Å². The van der Waals surface area contributed by atoms with Crippen LogP contribution in [0.3, 0.4) is 0 Å². The number of rotatable bonds is 7. The van der Waals surface area contributed by atoms with Crippen LogP contribution in [0, 0.1) is 0 Å². The first kappa shape index (κ1) is 20.0. The Kier molecular flexibility index (Phi) is 6.81. The molecule has 2 aromatic rings. The molecule has 1 atom stereocenters. The van der Waals surface area contributed by atoms with Gasteiger partial charge in [-0.3, -0.25) is 9.69 Å². The van der Waals surface area contributed by atoms with Gasteiger partial charge in [-0.15, -0.1) is 0 Å². The summed E-state index contributed by atoms with van der Waals surface area (Å²) >= 11 is 0. The number of benzene rings is 2. The minimum absolute atomic E-state index is 0.0205. The third-order valence-electron chi connectivity index (χ3n) is 4.27. The van der Waals surface area contributed by atoms with E-state index in [1.54, 1.807) is 0 Å². The Hall–Kier alpha value is -2.33. The average molecular weight is 354 g/mol. The molecule has 1 amide bonds. The SMILES string of the molecule is CN(C)[C@@H](C(=O)NCCOc1ccc(C(C)(C)C)cc1)c1ccccc1. The lowest BCUT2D eigenvalue weighted by atomic mass is 9.87. The van der Waals surface area contributed by atoms with Crippen molar-refractivity contribution in [3.63, 3.8) is 0 Å². The van der Waals surface area contributed by atoms with Crippen LogP contribution in [0.5, 0.6) is 5.75 Å². The average Bonchev–Trinajstić information content (AvgIpc) is 2.59. The summed E-state index contributed by atoms with van der Waals surface area (Å²) in [5, 5.41) is 2.96. The molecule has 0 unspecified atom stereocenters. The molecule has 0 fully saturated rings. The van der Waals surface area contributed by atoms with E-state index in [1.165, 1.54) is 5.56 Å². The summed E-state index contributed by atoms with van der Waals surface area (Å²) in [6.45, 7) is 7.47. The summed E-state index contributed by atoms with van der Waals surface area (Å²) in [6.07, 6.45) is 0. The first-order chi connectivity index (χ1) is 12.3. The molecular weight excluding hydrogens is 324 g/mol. The molecular formula is C22H30N2O2. The van der Waals surface area contributed by atoms with E-state index in [1.807, 2.05) is 61.5 Å². The van der Waals surface area contributed by atoms with E-state index in [0.29, 0.717) is 13.2 Å². The quantitative estimate of drug-likeness (QED) is 0.770. The van der Waals surface area contributed by atoms with Gasteiger partial charge in [0.2, 0.25) is 5.91 Å². The molecule has 1 N–H and O–H groups in total. The topological polar surface area (TPSA) is 41.6 Å². The standard InChI is InChI=1S/C22H30N2O2/c1-22(2,3)18-11-13-19(14-12-18)26-16-15-23-21(25)20(24(4)5)17-9-7-6-8-10-17/h6-14,20H,15-16H2,1-5H3,(H,23,25)/t20-/m1/s1. The molecule has 0 radical (unpaired) electrons. The first-order valence-corrected chi connectivity index (χ1v) is 9.01. The predicted octanol–water partition coefficient (Wildman–Crippen LogP) is 3.78. The number of nitrogens with one attached hydrogen (secondary N) is 1. The number of likely N-dealkylation sites (N-methyl/N-ethyl adjacent to an activating group) is 1. The fraction of sp³-hybridized carbons (Fsp3) is 0.409. The maximum Gasteiger partial charge on any atom is 0.242 e. The lowest BCUT2D eigenvalue weighted by Gasteiger charge is -2.24. The van der Waals surface area contributed by atoms with Gasteiger partial charge in [-0.1, -0.05) is 63.2 Å². The number of hydrogen-bond donors (Lipinski definition) is 1. The molecule has 2 rings (SSSR count). The minimum Gasteiger partial charge on any atom is -0.492 e. The fourth-order valence-electron chi connectivity index (χ4n) is 2.81. The van der Waals surface area contributed by atoms with Crippen molar-refractivity contribution in [2.75, 3.05) is 27.2 Å². The summed E-state index contributed by atoms with van der Waals surface area (Å²) < 4.78 is 5.74. The molecule has 0 spiro atoms. The van der Waals surface area contributed by atoms with Gasteiger partial charge in [0.15, 0.2) is 0 Å². The smallest absolute Gasteiger partial charge is 0.242 e. The van der Waals surface area contributed by atoms with Crippen LogP contribution in [-0.4, -0.2) is 38.1 Å². The van der Waals surface area contributed by atoms with Gasteiger partial charge in [0.05, 0.1) is 6.54 Å². The number of nitrogens with zero attached hydrogens (tertiary/aromatic N) is 1. The van der Waals surface area contributed by atoms with Crippen molar-refractivity contribution in [2.24, 2.45) is 0 Å². The minimum atomic E-state index is -0.303. The summed E-state index contributed by atoms with van der Waals surface area (Å²) in [5.74, 6) is 0.798. The fourth-order valence-corrected chi connectivity index (χ4v) is 2.81. The number of carbonyl (C=O) groups excluding carboxylic acids is 1. The predicted molar refractivity (Wildman–Crippen MR) is 107 cm³/mol. The van der Waals surface area contributed by atoms with E-state index in [4.69, 9.17) is 4.74 Å². The van der Waals surface area contributed by atoms with Crippen LogP contribution < -0.4 is 10.1 Å². The van der Waals surface area contributed by atoms with Crippen molar-refractivity contribution >= 4 is 5.91 Å². The van der Waals surface area contributed by atoms with Crippen LogP contribution >= 0.6 is 0 Å². The zero-order chi connectivity index (χ0) is 19.2. The van der Waals surface area contributed by atoms with Crippen molar-refractivity contribution < 1.29 is 9.53 Å². The second-order valence-corrected chi connectivity index (χ2v) is 7.69. The zero-order valence-corrected chi connectivity index (χ0v) is 16.5. The number of ether oxygens (including phenoxy) is 1. The monoisotopic (exact) mass is 354 g/mol. The van der Waals surface area contributed by atoms with E-state index >= 15 is 0 Å². The summed E-state index contributed by atoms with van der Waals surface area (Å²) in [7, 11) is 3.81. The van der Waals surface area contributed by atoms with Crippen molar-refractivity contribution in [1.29, 1.82) is 0 Å². The maximum atomic E-state index is 12.5. The molecule has 0 aliphatic carbocycles. The highest BCUT2D eigenvalue weighted by molar-refractivity contribution is 5.83. The Labute approximate surface area is 157 Å². The Balaban J connectivity index is 1.84. The molecule has 0 bridgehead atoms. The van der Waals surface area contributed by atoms with Gasteiger partial charge < -0.3 is 10.1 Å². The molecule has 0 aliphatic rings. The van der Waals surface area contributed by atoms with Crippen LogP contribution in [-0.2, 0) is 10.2 Å². The van der Waals surface area contributed by atoms with Gasteiger partial charge >= 0.3 is 0 Å². The Bertz CT molecular complexity index is 688. The van der Waals surface area contributed by atoms with Crippen LogP contribution in [0.25, 0.3) is 0 Å². The Morgan fingerprint density at radius 3 is 2.19 bits per heavy atom. The molecule has 26 heavy (non-hydrogen) atoms. The number of hydrogen-bond acceptors (Lipinski definition) is 3. The van der Waals surface area contributed by atoms with Crippen molar-refractivity contribution in [2.45, 2.75) is 32.2 Å². The van der Waals surface area contributed by atoms with Crippen molar-refractivity contribution in [3.05, 3.63) is 65.7 Å². The second kappa shape index (κ2) is 8.86. The highest BCUT2D eigenvalue weighted by atomic mass is 16.5. The molecule has 0 saturated carbocycles. The largest absolute Gasteiger partial charge is 0.492 e. The molecule has 2 aromatic carbocycles. The normalized spacial score (nSPS) is 12.7. The second-order valence-electron chi connectivity index (χ2n) is 7.69. The summed E-state index contributed by atoms with van der Waals surface area (Å²) in [6, 6.07) is 17.6. The van der Waals surface area contributed by atoms with Gasteiger partial charge in [0.25, 0.3) is 0 Å². The van der Waals surface area contributed by atoms with Crippen LogP contribution in [0.4, 0.5) is 0 Å². The van der Waals surface area contributed by atoms with E-state index in [2.05, 4.69) is 38.2 Å². The van der Waals surface area contributed by atoms with Gasteiger partial charge in [-0.05, 0) is 42.8 Å². The third kappa shape index (κ3) is 5.60. The molecule has 0 aromatic heterocycles. The van der Waals surface area contributed by atoms with Crippen LogP contribution in [0.1, 0.15) is 37.9 Å². The van der Waals surface area contributed by atoms with Gasteiger partial charge in [0, 0.05) is 0 Å². The summed E-state index contributed by atoms with van der Waals surface area (Å²) in [4.78, 5) is 14.5. The number of amides is 1. The van der Waals surface area contributed by atoms with Gasteiger partial charge in [-0.25, -0.2) is 0 Å². The van der Waals surface area contributed by atoms with Gasteiger partial charge in [0.1, 0.15) is 18.4 Å². The molecule has 0 saturated heterocycles. The highest BCUT2D eigenvalue weighted by Gasteiger charge is 2.22. The molecule has 140 valence electrons. The lowest BCUT2D eigenvalue weighted by molar-refractivity contribution is -0.125. The van der Waals surface area contributed by atoms with E-state index in [0.717, 1.165) is 11.3 Å². The van der Waals surface area contributed by atoms with Crippen molar-refractivity contribution in [1.82, 2.24) is 10.2 Å². The zero-order valence-electron chi connectivity index (χ0n) is 16.5. The van der Waals surface area contributed by atoms with Crippen LogP contribution in [0.15, 0.2) is 54.6 Å². The molecule has 0 heterocycles. The lowest BCUT2D eigenvalue weighted by Crippen LogP contribution is -2.38. The molecule has 4 nitrogen and oxygen atoms in total. The Morgan fingerprint density at radius 2 is 1.65 bits per heavy atom. The maximum absolute atomic E-state index is 12.5. The first-order valence-electron chi connectivity index (χ1n) is 9.01.